The molecule has 1 atom stereocenters. The number of guanidine groups is 1. The van der Waals surface area contributed by atoms with Gasteiger partial charge < -0.3 is 20.5 Å². The van der Waals surface area contributed by atoms with E-state index in [9.17, 15) is 0 Å². The minimum absolute atomic E-state index is 0.0858. The molecule has 1 aromatic carbocycles. The summed E-state index contributed by atoms with van der Waals surface area (Å²) in [6.45, 7) is 3.64. The molecule has 2 aromatic heterocycles. The number of aromatic nitrogens is 3. The van der Waals surface area contributed by atoms with Crippen LogP contribution in [0.3, 0.4) is 0 Å². The number of hydrogen-bond acceptors (Lipinski definition) is 6. The SMILES string of the molecule is CCCCCCCCCCc1ccc(Nc2ccc(-c3noc([C@@H]4CCN(C(=N)N)C4)n3)cn2)cc1. The normalized spacial score (nSPS) is 15.4. The number of hydrogen-bond donors (Lipinski definition) is 3. The Morgan fingerprint density at radius 2 is 1.81 bits per heavy atom. The summed E-state index contributed by atoms with van der Waals surface area (Å²) >= 11 is 0. The third-order valence-electron chi connectivity index (χ3n) is 6.89. The van der Waals surface area contributed by atoms with Gasteiger partial charge in [-0.25, -0.2) is 4.98 Å². The van der Waals surface area contributed by atoms with Crippen molar-refractivity contribution in [3.63, 3.8) is 0 Å². The standard InChI is InChI=1S/C28H39N7O/c1-2-3-4-5-6-7-8-9-10-21-11-14-24(15-12-21)32-25-16-13-22(19-31-25)26-33-27(36-34-26)23-17-18-35(20-23)28(29)30/h11-16,19,23H,2-10,17-18,20H2,1H3,(H3,29,30)(H,31,32)/t23-/m1/s1. The van der Waals surface area contributed by atoms with Crippen LogP contribution in [0.4, 0.5) is 11.5 Å². The maximum Gasteiger partial charge on any atom is 0.231 e. The third kappa shape index (κ3) is 7.29. The van der Waals surface area contributed by atoms with Crippen LogP contribution in [-0.4, -0.2) is 39.1 Å². The molecule has 1 aliphatic rings. The van der Waals surface area contributed by atoms with Gasteiger partial charge in [0.25, 0.3) is 0 Å². The molecule has 8 heteroatoms. The number of likely N-dealkylation sites (tertiary alicyclic amines) is 1. The zero-order valence-electron chi connectivity index (χ0n) is 21.4. The Morgan fingerprint density at radius 1 is 1.06 bits per heavy atom. The van der Waals surface area contributed by atoms with E-state index in [0.29, 0.717) is 18.3 Å². The van der Waals surface area contributed by atoms with E-state index in [1.807, 2.05) is 17.0 Å². The maximum absolute atomic E-state index is 7.58. The van der Waals surface area contributed by atoms with E-state index in [2.05, 4.69) is 51.6 Å². The lowest BCUT2D eigenvalue weighted by Gasteiger charge is -2.14. The number of nitrogens with zero attached hydrogens (tertiary/aromatic N) is 4. The summed E-state index contributed by atoms with van der Waals surface area (Å²) in [7, 11) is 0. The van der Waals surface area contributed by atoms with Gasteiger partial charge in [0.15, 0.2) is 5.96 Å². The third-order valence-corrected chi connectivity index (χ3v) is 6.89. The molecule has 0 saturated carbocycles. The molecule has 3 heterocycles. The number of aryl methyl sites for hydroxylation is 1. The molecular formula is C28H39N7O. The molecule has 3 aromatic rings. The average Bonchev–Trinajstić information content (AvgIpc) is 3.58. The molecule has 1 aliphatic heterocycles. The first kappa shape index (κ1) is 25.7. The van der Waals surface area contributed by atoms with Crippen molar-refractivity contribution in [1.29, 1.82) is 5.41 Å². The molecule has 36 heavy (non-hydrogen) atoms. The number of unbranched alkanes of at least 4 members (excludes halogenated alkanes) is 7. The van der Waals surface area contributed by atoms with Crippen molar-refractivity contribution in [3.05, 3.63) is 54.0 Å². The Hall–Kier alpha value is -3.42. The monoisotopic (exact) mass is 489 g/mol. The van der Waals surface area contributed by atoms with Crippen LogP contribution in [0.25, 0.3) is 11.4 Å². The first-order chi connectivity index (χ1) is 17.6. The fourth-order valence-electron chi connectivity index (χ4n) is 4.66. The minimum atomic E-state index is 0.0858. The van der Waals surface area contributed by atoms with Crippen LogP contribution >= 0.6 is 0 Å². The van der Waals surface area contributed by atoms with Crippen molar-refractivity contribution in [3.8, 4) is 11.4 Å². The minimum Gasteiger partial charge on any atom is -0.370 e. The number of nitrogens with two attached hydrogens (primary N) is 1. The first-order valence-electron chi connectivity index (χ1n) is 13.4. The van der Waals surface area contributed by atoms with Gasteiger partial charge in [0.1, 0.15) is 5.82 Å². The largest absolute Gasteiger partial charge is 0.370 e. The van der Waals surface area contributed by atoms with Crippen LogP contribution in [0.1, 0.15) is 82.1 Å². The van der Waals surface area contributed by atoms with Gasteiger partial charge >= 0.3 is 0 Å². The zero-order chi connectivity index (χ0) is 25.2. The van der Waals surface area contributed by atoms with Gasteiger partial charge in [0.2, 0.25) is 11.7 Å². The summed E-state index contributed by atoms with van der Waals surface area (Å²) in [4.78, 5) is 10.9. The molecule has 8 nitrogen and oxygen atoms in total. The highest BCUT2D eigenvalue weighted by Gasteiger charge is 2.29. The van der Waals surface area contributed by atoms with E-state index >= 15 is 0 Å². The summed E-state index contributed by atoms with van der Waals surface area (Å²) in [6, 6.07) is 12.5. The molecule has 0 spiro atoms. The Bertz CT molecular complexity index is 1080. The van der Waals surface area contributed by atoms with E-state index in [1.165, 1.54) is 56.9 Å². The molecule has 0 bridgehead atoms. The molecule has 4 rings (SSSR count). The van der Waals surface area contributed by atoms with Crippen LogP contribution in [0.15, 0.2) is 47.1 Å². The molecule has 0 amide bonds. The summed E-state index contributed by atoms with van der Waals surface area (Å²) in [5, 5.41) is 15.1. The lowest BCUT2D eigenvalue weighted by molar-refractivity contribution is 0.354. The molecule has 1 fully saturated rings. The first-order valence-corrected chi connectivity index (χ1v) is 13.4. The molecule has 192 valence electrons. The Labute approximate surface area is 214 Å². The van der Waals surface area contributed by atoms with Gasteiger partial charge in [0, 0.05) is 30.5 Å². The quantitative estimate of drug-likeness (QED) is 0.148. The van der Waals surface area contributed by atoms with Crippen LogP contribution in [0.5, 0.6) is 0 Å². The highest BCUT2D eigenvalue weighted by molar-refractivity contribution is 5.75. The van der Waals surface area contributed by atoms with Crippen LogP contribution in [0, 0.1) is 5.41 Å². The summed E-state index contributed by atoms with van der Waals surface area (Å²) in [6.07, 6.45) is 14.5. The second-order valence-corrected chi connectivity index (χ2v) is 9.75. The van der Waals surface area contributed by atoms with Gasteiger partial charge in [-0.05, 0) is 49.1 Å². The van der Waals surface area contributed by atoms with Crippen LogP contribution < -0.4 is 11.1 Å². The number of nitrogens with one attached hydrogen (secondary N) is 2. The Morgan fingerprint density at radius 3 is 2.47 bits per heavy atom. The number of anilines is 2. The molecule has 0 unspecified atom stereocenters. The van der Waals surface area contributed by atoms with Crippen molar-refractivity contribution < 1.29 is 4.52 Å². The van der Waals surface area contributed by atoms with Gasteiger partial charge in [-0.3, -0.25) is 5.41 Å². The smallest absolute Gasteiger partial charge is 0.231 e. The molecule has 4 N–H and O–H groups in total. The summed E-state index contributed by atoms with van der Waals surface area (Å²) in [5.74, 6) is 2.06. The summed E-state index contributed by atoms with van der Waals surface area (Å²) in [5.41, 5.74) is 8.79. The lowest BCUT2D eigenvalue weighted by Crippen LogP contribution is -2.34. The van der Waals surface area contributed by atoms with Gasteiger partial charge in [-0.15, -0.1) is 0 Å². The van der Waals surface area contributed by atoms with E-state index in [4.69, 9.17) is 15.7 Å². The summed E-state index contributed by atoms with van der Waals surface area (Å²) < 4.78 is 5.49. The van der Waals surface area contributed by atoms with Crippen molar-refractivity contribution >= 4 is 17.5 Å². The van der Waals surface area contributed by atoms with Crippen molar-refractivity contribution in [2.75, 3.05) is 18.4 Å². The molecule has 0 aliphatic carbocycles. The second-order valence-electron chi connectivity index (χ2n) is 9.75. The highest BCUT2D eigenvalue weighted by atomic mass is 16.5. The number of pyridine rings is 1. The van der Waals surface area contributed by atoms with Crippen molar-refractivity contribution in [2.24, 2.45) is 5.73 Å². The molecular weight excluding hydrogens is 450 g/mol. The number of rotatable bonds is 13. The predicted octanol–water partition coefficient (Wildman–Crippen LogP) is 6.24. The van der Waals surface area contributed by atoms with Crippen molar-refractivity contribution in [1.82, 2.24) is 20.0 Å². The highest BCUT2D eigenvalue weighted by Crippen LogP contribution is 2.28. The van der Waals surface area contributed by atoms with E-state index in [0.717, 1.165) is 36.5 Å². The zero-order valence-corrected chi connectivity index (χ0v) is 21.4. The maximum atomic E-state index is 7.58. The lowest BCUT2D eigenvalue weighted by atomic mass is 10.0. The van der Waals surface area contributed by atoms with E-state index < -0.39 is 0 Å². The van der Waals surface area contributed by atoms with E-state index in [-0.39, 0.29) is 11.9 Å². The predicted molar refractivity (Wildman–Crippen MR) is 144 cm³/mol. The van der Waals surface area contributed by atoms with Crippen LogP contribution in [-0.2, 0) is 6.42 Å². The Kier molecular flexibility index (Phi) is 9.30. The average molecular weight is 490 g/mol. The molecule has 0 radical (unpaired) electrons. The topological polar surface area (TPSA) is 117 Å². The van der Waals surface area contributed by atoms with Crippen LogP contribution in [0.2, 0.25) is 0 Å². The second kappa shape index (κ2) is 13.0. The Balaban J connectivity index is 1.22. The van der Waals surface area contributed by atoms with Gasteiger partial charge in [-0.2, -0.15) is 4.98 Å². The van der Waals surface area contributed by atoms with Crippen molar-refractivity contribution in [2.45, 2.75) is 77.0 Å². The van der Waals surface area contributed by atoms with Gasteiger partial charge in [-0.1, -0.05) is 69.2 Å². The molecule has 1 saturated heterocycles. The van der Waals surface area contributed by atoms with E-state index in [1.54, 1.807) is 6.20 Å². The fraction of sp³-hybridized carbons (Fsp3) is 0.500. The fourth-order valence-corrected chi connectivity index (χ4v) is 4.66. The van der Waals surface area contributed by atoms with Gasteiger partial charge in [0.05, 0.1) is 5.92 Å². The number of benzene rings is 1.